The maximum Gasteiger partial charge on any atom is 0.261 e. The first-order valence-corrected chi connectivity index (χ1v) is 11.9. The van der Waals surface area contributed by atoms with Crippen LogP contribution in [0.25, 0.3) is 0 Å². The monoisotopic (exact) mass is 472 g/mol. The second-order valence-electron chi connectivity index (χ2n) is 7.54. The van der Waals surface area contributed by atoms with E-state index in [4.69, 9.17) is 16.3 Å². The molecule has 0 atom stereocenters. The summed E-state index contributed by atoms with van der Waals surface area (Å²) in [5.74, 6) is 0.317. The lowest BCUT2D eigenvalue weighted by Gasteiger charge is -2.12. The quantitative estimate of drug-likeness (QED) is 0.458. The van der Waals surface area contributed by atoms with E-state index in [1.54, 1.807) is 12.1 Å². The van der Waals surface area contributed by atoms with Gasteiger partial charge in [-0.3, -0.25) is 9.52 Å². The highest BCUT2D eigenvalue weighted by atomic mass is 35.5. The molecule has 0 bridgehead atoms. The number of ether oxygens (including phenoxy) is 1. The van der Waals surface area contributed by atoms with Crippen molar-refractivity contribution in [3.05, 3.63) is 87.9 Å². The number of carbonyl (C=O) groups excluding carboxylic acids is 1. The number of benzene rings is 3. The Hall–Kier alpha value is -3.03. The Kier molecular flexibility index (Phi) is 7.43. The Balaban J connectivity index is 1.63. The van der Waals surface area contributed by atoms with Crippen molar-refractivity contribution in [2.24, 2.45) is 0 Å². The third kappa shape index (κ3) is 6.24. The standard InChI is InChI=1S/C24H25ClN2O4S/c1-16-4-7-21(8-5-16)32(29,30)27-19-6-9-23(25)22(15-19)24(28)26-10-11-31-20-13-17(2)12-18(3)14-20/h4-9,12-15,27H,10-11H2,1-3H3,(H,26,28). The normalized spacial score (nSPS) is 11.1. The molecule has 0 heterocycles. The van der Waals surface area contributed by atoms with E-state index >= 15 is 0 Å². The third-order valence-corrected chi connectivity index (χ3v) is 6.37. The van der Waals surface area contributed by atoms with Crippen LogP contribution in [0.1, 0.15) is 27.0 Å². The third-order valence-electron chi connectivity index (χ3n) is 4.65. The molecule has 0 aromatic heterocycles. The first kappa shape index (κ1) is 23.6. The summed E-state index contributed by atoms with van der Waals surface area (Å²) in [4.78, 5) is 12.7. The molecule has 0 spiro atoms. The van der Waals surface area contributed by atoms with Crippen molar-refractivity contribution in [3.63, 3.8) is 0 Å². The fourth-order valence-corrected chi connectivity index (χ4v) is 4.39. The summed E-state index contributed by atoms with van der Waals surface area (Å²) in [6.45, 7) is 6.40. The zero-order valence-electron chi connectivity index (χ0n) is 18.1. The first-order chi connectivity index (χ1) is 15.1. The van der Waals surface area contributed by atoms with Crippen LogP contribution < -0.4 is 14.8 Å². The van der Waals surface area contributed by atoms with E-state index in [0.717, 1.165) is 22.4 Å². The molecule has 0 saturated carbocycles. The number of carbonyl (C=O) groups is 1. The minimum Gasteiger partial charge on any atom is -0.492 e. The zero-order chi connectivity index (χ0) is 23.3. The molecule has 0 aliphatic carbocycles. The lowest BCUT2D eigenvalue weighted by molar-refractivity contribution is 0.0947. The Bertz CT molecular complexity index is 1200. The SMILES string of the molecule is Cc1ccc(S(=O)(=O)Nc2ccc(Cl)c(C(=O)NCCOc3cc(C)cc(C)c3)c2)cc1. The van der Waals surface area contributed by atoms with Gasteiger partial charge in [-0.1, -0.05) is 35.4 Å². The van der Waals surface area contributed by atoms with Gasteiger partial charge >= 0.3 is 0 Å². The minimum atomic E-state index is -3.79. The summed E-state index contributed by atoms with van der Waals surface area (Å²) in [5, 5.41) is 2.96. The van der Waals surface area contributed by atoms with Crippen LogP contribution in [0.15, 0.2) is 65.6 Å². The average molecular weight is 473 g/mol. The molecule has 3 rings (SSSR count). The highest BCUT2D eigenvalue weighted by Gasteiger charge is 2.17. The zero-order valence-corrected chi connectivity index (χ0v) is 19.7. The molecule has 168 valence electrons. The van der Waals surface area contributed by atoms with Crippen molar-refractivity contribution in [1.82, 2.24) is 5.32 Å². The van der Waals surface area contributed by atoms with Crippen molar-refractivity contribution in [2.45, 2.75) is 25.7 Å². The van der Waals surface area contributed by atoms with E-state index in [1.807, 2.05) is 32.9 Å². The lowest BCUT2D eigenvalue weighted by atomic mass is 10.1. The molecule has 2 N–H and O–H groups in total. The van der Waals surface area contributed by atoms with Crippen LogP contribution in [0, 0.1) is 20.8 Å². The summed E-state index contributed by atoms with van der Waals surface area (Å²) in [6, 6.07) is 16.8. The fourth-order valence-electron chi connectivity index (χ4n) is 3.14. The van der Waals surface area contributed by atoms with Crippen LogP contribution in [0.4, 0.5) is 5.69 Å². The van der Waals surface area contributed by atoms with E-state index in [0.29, 0.717) is 0 Å². The van der Waals surface area contributed by atoms with E-state index in [2.05, 4.69) is 16.1 Å². The summed E-state index contributed by atoms with van der Waals surface area (Å²) in [5.41, 5.74) is 3.56. The minimum absolute atomic E-state index is 0.132. The number of nitrogens with one attached hydrogen (secondary N) is 2. The van der Waals surface area contributed by atoms with Crippen molar-refractivity contribution < 1.29 is 17.9 Å². The van der Waals surface area contributed by atoms with Gasteiger partial charge in [-0.15, -0.1) is 0 Å². The lowest BCUT2D eigenvalue weighted by Crippen LogP contribution is -2.28. The van der Waals surface area contributed by atoms with Gasteiger partial charge in [-0.2, -0.15) is 0 Å². The van der Waals surface area contributed by atoms with Crippen molar-refractivity contribution in [2.75, 3.05) is 17.9 Å². The van der Waals surface area contributed by atoms with Gasteiger partial charge in [0.25, 0.3) is 15.9 Å². The largest absolute Gasteiger partial charge is 0.492 e. The summed E-state index contributed by atoms with van der Waals surface area (Å²) in [7, 11) is -3.79. The van der Waals surface area contributed by atoms with Crippen LogP contribution in [0.3, 0.4) is 0 Å². The van der Waals surface area contributed by atoms with E-state index in [1.165, 1.54) is 30.3 Å². The van der Waals surface area contributed by atoms with Gasteiger partial charge in [0.05, 0.1) is 22.0 Å². The highest BCUT2D eigenvalue weighted by molar-refractivity contribution is 7.92. The number of hydrogen-bond donors (Lipinski definition) is 2. The number of halogens is 1. The molecular formula is C24H25ClN2O4S. The van der Waals surface area contributed by atoms with Gasteiger partial charge in [0.15, 0.2) is 0 Å². The van der Waals surface area contributed by atoms with Gasteiger partial charge < -0.3 is 10.1 Å². The molecule has 0 aliphatic rings. The van der Waals surface area contributed by atoms with Gasteiger partial charge in [-0.25, -0.2) is 8.42 Å². The molecule has 0 aliphatic heterocycles. The molecule has 1 amide bonds. The number of rotatable bonds is 8. The molecule has 8 heteroatoms. The van der Waals surface area contributed by atoms with Gasteiger partial charge in [0.2, 0.25) is 0 Å². The Labute approximate surface area is 193 Å². The van der Waals surface area contributed by atoms with Crippen molar-refractivity contribution >= 4 is 33.2 Å². The molecule has 32 heavy (non-hydrogen) atoms. The second-order valence-corrected chi connectivity index (χ2v) is 9.63. The molecule has 3 aromatic carbocycles. The molecule has 0 saturated heterocycles. The molecule has 0 unspecified atom stereocenters. The second kappa shape index (κ2) is 10.1. The number of sulfonamides is 1. The Morgan fingerprint density at radius 3 is 2.22 bits per heavy atom. The number of anilines is 1. The van der Waals surface area contributed by atoms with Gasteiger partial charge in [0, 0.05) is 5.69 Å². The van der Waals surface area contributed by atoms with Crippen LogP contribution >= 0.6 is 11.6 Å². The van der Waals surface area contributed by atoms with Crippen LogP contribution in [-0.2, 0) is 10.0 Å². The van der Waals surface area contributed by atoms with Gasteiger partial charge in [-0.05, 0) is 74.4 Å². The summed E-state index contributed by atoms with van der Waals surface area (Å²) >= 11 is 6.17. The molecule has 6 nitrogen and oxygen atoms in total. The van der Waals surface area contributed by atoms with Crippen LogP contribution in [0.2, 0.25) is 5.02 Å². The molecular weight excluding hydrogens is 448 g/mol. The predicted octanol–water partition coefficient (Wildman–Crippen LogP) is 4.87. The number of aryl methyl sites for hydroxylation is 3. The fraction of sp³-hybridized carbons (Fsp3) is 0.208. The Morgan fingerprint density at radius 2 is 1.56 bits per heavy atom. The van der Waals surface area contributed by atoms with Gasteiger partial charge in [0.1, 0.15) is 12.4 Å². The topological polar surface area (TPSA) is 84.5 Å². The smallest absolute Gasteiger partial charge is 0.261 e. The molecule has 3 aromatic rings. The molecule has 0 fully saturated rings. The maximum atomic E-state index is 12.6. The molecule has 0 radical (unpaired) electrons. The van der Waals surface area contributed by atoms with Crippen molar-refractivity contribution in [1.29, 1.82) is 0 Å². The van der Waals surface area contributed by atoms with E-state index in [9.17, 15) is 13.2 Å². The highest BCUT2D eigenvalue weighted by Crippen LogP contribution is 2.23. The van der Waals surface area contributed by atoms with Crippen LogP contribution in [0.5, 0.6) is 5.75 Å². The Morgan fingerprint density at radius 1 is 0.906 bits per heavy atom. The maximum absolute atomic E-state index is 12.6. The summed E-state index contributed by atoms with van der Waals surface area (Å²) < 4.78 is 33.4. The predicted molar refractivity (Wildman–Crippen MR) is 127 cm³/mol. The summed E-state index contributed by atoms with van der Waals surface area (Å²) in [6.07, 6.45) is 0. The van der Waals surface area contributed by atoms with E-state index < -0.39 is 15.9 Å². The van der Waals surface area contributed by atoms with Crippen molar-refractivity contribution in [3.8, 4) is 5.75 Å². The average Bonchev–Trinajstić information content (AvgIpc) is 2.72. The number of amides is 1. The van der Waals surface area contributed by atoms with E-state index in [-0.39, 0.29) is 34.3 Å². The first-order valence-electron chi connectivity index (χ1n) is 10.0. The number of hydrogen-bond acceptors (Lipinski definition) is 4. The van der Waals surface area contributed by atoms with Crippen LogP contribution in [-0.4, -0.2) is 27.5 Å².